The summed E-state index contributed by atoms with van der Waals surface area (Å²) in [7, 11) is 0.389. The van der Waals surface area contributed by atoms with E-state index in [0.29, 0.717) is 12.3 Å². The van der Waals surface area contributed by atoms with Crippen molar-refractivity contribution in [1.82, 2.24) is 9.78 Å². The fourth-order valence-corrected chi connectivity index (χ4v) is 2.40. The molecule has 0 atom stereocenters. The second-order valence-corrected chi connectivity index (χ2v) is 11.7. The SMILES string of the molecule is COC=C(C)c1cc(C(=O)O)n(COCC[Si](C)(C)C)n1. The van der Waals surface area contributed by atoms with Crippen LogP contribution in [0.4, 0.5) is 0 Å². The molecular weight excluding hydrogens is 288 g/mol. The van der Waals surface area contributed by atoms with E-state index in [2.05, 4.69) is 24.7 Å². The monoisotopic (exact) mass is 312 g/mol. The Kier molecular flexibility index (Phi) is 6.16. The van der Waals surface area contributed by atoms with Crippen LogP contribution in [0.5, 0.6) is 0 Å². The first-order valence-corrected chi connectivity index (χ1v) is 10.5. The van der Waals surface area contributed by atoms with Crippen LogP contribution in [-0.4, -0.2) is 42.6 Å². The van der Waals surface area contributed by atoms with Gasteiger partial charge < -0.3 is 14.6 Å². The third kappa shape index (κ3) is 5.72. The molecule has 1 aromatic heterocycles. The van der Waals surface area contributed by atoms with Crippen molar-refractivity contribution in [3.8, 4) is 0 Å². The fourth-order valence-electron chi connectivity index (χ4n) is 1.65. The number of aromatic nitrogens is 2. The van der Waals surface area contributed by atoms with Gasteiger partial charge in [-0.25, -0.2) is 9.48 Å². The van der Waals surface area contributed by atoms with Crippen LogP contribution in [0.2, 0.25) is 25.7 Å². The molecule has 0 radical (unpaired) electrons. The van der Waals surface area contributed by atoms with Gasteiger partial charge in [-0.3, -0.25) is 0 Å². The average molecular weight is 312 g/mol. The Morgan fingerprint density at radius 1 is 1.48 bits per heavy atom. The van der Waals surface area contributed by atoms with Gasteiger partial charge in [-0.05, 0) is 19.0 Å². The highest BCUT2D eigenvalue weighted by atomic mass is 28.3. The van der Waals surface area contributed by atoms with Crippen molar-refractivity contribution in [3.05, 3.63) is 23.7 Å². The minimum absolute atomic E-state index is 0.113. The molecule has 0 saturated carbocycles. The summed E-state index contributed by atoms with van der Waals surface area (Å²) in [5.74, 6) is -1.02. The van der Waals surface area contributed by atoms with E-state index in [-0.39, 0.29) is 12.4 Å². The van der Waals surface area contributed by atoms with Gasteiger partial charge in [-0.1, -0.05) is 19.6 Å². The van der Waals surface area contributed by atoms with Gasteiger partial charge in [-0.2, -0.15) is 5.10 Å². The summed E-state index contributed by atoms with van der Waals surface area (Å²) in [5.41, 5.74) is 1.45. The third-order valence-electron chi connectivity index (χ3n) is 2.91. The van der Waals surface area contributed by atoms with Gasteiger partial charge in [-0.15, -0.1) is 0 Å². The summed E-state index contributed by atoms with van der Waals surface area (Å²) in [6.07, 6.45) is 1.53. The van der Waals surface area contributed by atoms with Gasteiger partial charge in [0, 0.05) is 20.3 Å². The first-order valence-electron chi connectivity index (χ1n) is 6.83. The minimum atomic E-state index is -1.15. The van der Waals surface area contributed by atoms with Crippen molar-refractivity contribution in [1.29, 1.82) is 0 Å². The van der Waals surface area contributed by atoms with Crippen molar-refractivity contribution in [2.45, 2.75) is 39.3 Å². The van der Waals surface area contributed by atoms with E-state index < -0.39 is 14.0 Å². The Morgan fingerprint density at radius 3 is 2.67 bits per heavy atom. The topological polar surface area (TPSA) is 73.6 Å². The van der Waals surface area contributed by atoms with Crippen LogP contribution < -0.4 is 0 Å². The fraction of sp³-hybridized carbons (Fsp3) is 0.571. The molecule has 7 heteroatoms. The van der Waals surface area contributed by atoms with Gasteiger partial charge in [0.1, 0.15) is 12.4 Å². The molecule has 21 heavy (non-hydrogen) atoms. The van der Waals surface area contributed by atoms with Gasteiger partial charge in [0.25, 0.3) is 0 Å². The molecule has 1 aromatic rings. The maximum absolute atomic E-state index is 11.2. The molecule has 0 aliphatic carbocycles. The highest BCUT2D eigenvalue weighted by Crippen LogP contribution is 2.15. The maximum atomic E-state index is 11.2. The Labute approximate surface area is 126 Å². The predicted octanol–water partition coefficient (Wildman–Crippen LogP) is 2.90. The van der Waals surface area contributed by atoms with E-state index in [1.165, 1.54) is 24.1 Å². The lowest BCUT2D eigenvalue weighted by atomic mass is 10.2. The zero-order valence-electron chi connectivity index (χ0n) is 13.3. The number of carboxylic acids is 1. The predicted molar refractivity (Wildman–Crippen MR) is 84.0 cm³/mol. The largest absolute Gasteiger partial charge is 0.504 e. The molecule has 0 fully saturated rings. The summed E-state index contributed by atoms with van der Waals surface area (Å²) in [6.45, 7) is 9.38. The third-order valence-corrected chi connectivity index (χ3v) is 4.61. The van der Waals surface area contributed by atoms with Gasteiger partial charge in [0.2, 0.25) is 0 Å². The summed E-state index contributed by atoms with van der Waals surface area (Å²) >= 11 is 0. The Hall–Kier alpha value is -1.60. The summed E-state index contributed by atoms with van der Waals surface area (Å²) in [4.78, 5) is 11.2. The zero-order chi connectivity index (χ0) is 16.0. The van der Waals surface area contributed by atoms with E-state index >= 15 is 0 Å². The minimum Gasteiger partial charge on any atom is -0.504 e. The number of nitrogens with zero attached hydrogens (tertiary/aromatic N) is 2. The van der Waals surface area contributed by atoms with Crippen molar-refractivity contribution in [3.63, 3.8) is 0 Å². The van der Waals surface area contributed by atoms with Crippen LogP contribution in [0.25, 0.3) is 5.57 Å². The van der Waals surface area contributed by atoms with Crippen LogP contribution in [-0.2, 0) is 16.2 Å². The Bertz CT molecular complexity index is 518. The number of hydrogen-bond acceptors (Lipinski definition) is 4. The second kappa shape index (κ2) is 7.42. The molecular formula is C14H24N2O4Si. The highest BCUT2D eigenvalue weighted by Gasteiger charge is 2.16. The van der Waals surface area contributed by atoms with Gasteiger partial charge >= 0.3 is 5.97 Å². The van der Waals surface area contributed by atoms with Crippen molar-refractivity contribution >= 4 is 19.6 Å². The second-order valence-electron chi connectivity index (χ2n) is 6.10. The lowest BCUT2D eigenvalue weighted by Gasteiger charge is -2.15. The maximum Gasteiger partial charge on any atom is 0.354 e. The molecule has 118 valence electrons. The van der Waals surface area contributed by atoms with E-state index in [0.717, 1.165) is 11.6 Å². The summed E-state index contributed by atoms with van der Waals surface area (Å²) < 4.78 is 11.8. The number of hydrogen-bond donors (Lipinski definition) is 1. The molecule has 0 spiro atoms. The van der Waals surface area contributed by atoms with Crippen molar-refractivity contribution < 1.29 is 19.4 Å². The van der Waals surface area contributed by atoms with Crippen LogP contribution in [0.1, 0.15) is 23.1 Å². The number of carboxylic acid groups (broad SMARTS) is 1. The molecule has 0 bridgehead atoms. The number of methoxy groups -OCH3 is 1. The molecule has 1 heterocycles. The number of rotatable bonds is 8. The first kappa shape index (κ1) is 17.4. The molecule has 0 aliphatic heterocycles. The van der Waals surface area contributed by atoms with Crippen molar-refractivity contribution in [2.75, 3.05) is 13.7 Å². The molecule has 0 aliphatic rings. The average Bonchev–Trinajstić information content (AvgIpc) is 2.78. The van der Waals surface area contributed by atoms with Crippen molar-refractivity contribution in [2.24, 2.45) is 0 Å². The van der Waals surface area contributed by atoms with Crippen LogP contribution in [0.3, 0.4) is 0 Å². The highest BCUT2D eigenvalue weighted by molar-refractivity contribution is 6.76. The van der Waals surface area contributed by atoms with E-state index in [1.54, 1.807) is 0 Å². The number of ether oxygens (including phenoxy) is 2. The molecule has 0 unspecified atom stereocenters. The molecule has 0 amide bonds. The lowest BCUT2D eigenvalue weighted by Crippen LogP contribution is -2.22. The zero-order valence-corrected chi connectivity index (χ0v) is 14.3. The summed E-state index contributed by atoms with van der Waals surface area (Å²) in [6, 6.07) is 2.56. The van der Waals surface area contributed by atoms with Gasteiger partial charge in [0.15, 0.2) is 0 Å². The van der Waals surface area contributed by atoms with E-state index in [9.17, 15) is 9.90 Å². The van der Waals surface area contributed by atoms with Crippen LogP contribution in [0, 0.1) is 0 Å². The number of carbonyl (C=O) groups is 1. The first-order chi connectivity index (χ1) is 9.74. The number of allylic oxidation sites excluding steroid dienone is 1. The van der Waals surface area contributed by atoms with E-state index in [4.69, 9.17) is 9.47 Å². The standard InChI is InChI=1S/C14H24N2O4Si/c1-11(9-19-2)12-8-13(14(17)18)16(15-12)10-20-6-7-21(3,4)5/h8-9H,6-7,10H2,1-5H3,(H,17,18). The van der Waals surface area contributed by atoms with E-state index in [1.807, 2.05) is 6.92 Å². The Morgan fingerprint density at radius 2 is 2.14 bits per heavy atom. The number of aromatic carboxylic acids is 1. The summed E-state index contributed by atoms with van der Waals surface area (Å²) in [5, 5.41) is 13.5. The molecule has 1 N–H and O–H groups in total. The normalized spacial score (nSPS) is 12.5. The smallest absolute Gasteiger partial charge is 0.354 e. The van der Waals surface area contributed by atoms with Gasteiger partial charge in [0.05, 0.1) is 19.1 Å². The van der Waals surface area contributed by atoms with Crippen LogP contribution in [0.15, 0.2) is 12.3 Å². The quantitative estimate of drug-likeness (QED) is 0.454. The van der Waals surface area contributed by atoms with Crippen LogP contribution >= 0.6 is 0 Å². The lowest BCUT2D eigenvalue weighted by molar-refractivity contribution is 0.0590. The Balaban J connectivity index is 2.76. The molecule has 0 aromatic carbocycles. The molecule has 1 rings (SSSR count). The molecule has 6 nitrogen and oxygen atoms in total. The molecule has 0 saturated heterocycles.